The van der Waals surface area contributed by atoms with Crippen LogP contribution in [0.15, 0.2) is 6.07 Å². The summed E-state index contributed by atoms with van der Waals surface area (Å²) in [4.78, 5) is 3.20. The number of hydrogen-bond acceptors (Lipinski definition) is 2. The Morgan fingerprint density at radius 1 is 1.18 bits per heavy atom. The molecule has 0 spiro atoms. The maximum Gasteiger partial charge on any atom is 0.0299 e. The van der Waals surface area contributed by atoms with E-state index in [4.69, 9.17) is 0 Å². The summed E-state index contributed by atoms with van der Waals surface area (Å²) >= 11 is 2.03. The van der Waals surface area contributed by atoms with E-state index in [-0.39, 0.29) is 0 Å². The lowest BCUT2D eigenvalue weighted by atomic mass is 10.1. The van der Waals surface area contributed by atoms with Gasteiger partial charge in [-0.1, -0.05) is 32.6 Å². The highest BCUT2D eigenvalue weighted by atomic mass is 32.1. The van der Waals surface area contributed by atoms with E-state index < -0.39 is 0 Å². The Hall–Kier alpha value is -0.340. The molecular formula is C15H25NS. The highest BCUT2D eigenvalue weighted by Crippen LogP contribution is 2.30. The minimum atomic E-state index is 1.09. The minimum Gasteiger partial charge on any atom is -0.312 e. The van der Waals surface area contributed by atoms with Gasteiger partial charge in [0.05, 0.1) is 0 Å². The molecule has 17 heavy (non-hydrogen) atoms. The molecule has 0 atom stereocenters. The number of unbranched alkanes of at least 4 members (excludes halogenated alkanes) is 4. The first-order valence-corrected chi connectivity index (χ1v) is 8.03. The molecule has 1 aromatic heterocycles. The standard InChI is InChI=1S/C15H25NS/c1-2-3-4-5-6-10-16-12-14-11-13-8-7-9-15(13)17-14/h11,16H,2-10,12H2,1H3. The van der Waals surface area contributed by atoms with Crippen molar-refractivity contribution < 1.29 is 0 Å². The van der Waals surface area contributed by atoms with Crippen LogP contribution in [0.5, 0.6) is 0 Å². The van der Waals surface area contributed by atoms with E-state index in [9.17, 15) is 0 Å². The minimum absolute atomic E-state index is 1.09. The monoisotopic (exact) mass is 251 g/mol. The average molecular weight is 251 g/mol. The molecule has 1 heterocycles. The van der Waals surface area contributed by atoms with Gasteiger partial charge in [-0.2, -0.15) is 0 Å². The van der Waals surface area contributed by atoms with Gasteiger partial charge in [-0.25, -0.2) is 0 Å². The molecule has 2 rings (SSSR count). The van der Waals surface area contributed by atoms with Crippen LogP contribution in [-0.4, -0.2) is 6.54 Å². The number of rotatable bonds is 8. The smallest absolute Gasteiger partial charge is 0.0299 e. The van der Waals surface area contributed by atoms with E-state index in [0.717, 1.165) is 6.54 Å². The van der Waals surface area contributed by atoms with Crippen molar-refractivity contribution in [2.75, 3.05) is 6.54 Å². The lowest BCUT2D eigenvalue weighted by molar-refractivity contribution is 0.585. The van der Waals surface area contributed by atoms with Gasteiger partial charge in [0.2, 0.25) is 0 Å². The Morgan fingerprint density at radius 2 is 2.06 bits per heavy atom. The lowest BCUT2D eigenvalue weighted by Crippen LogP contribution is -2.13. The van der Waals surface area contributed by atoms with E-state index in [2.05, 4.69) is 18.3 Å². The topological polar surface area (TPSA) is 12.0 Å². The maximum atomic E-state index is 3.58. The van der Waals surface area contributed by atoms with Crippen LogP contribution in [0, 0.1) is 0 Å². The third-order valence-corrected chi connectivity index (χ3v) is 4.79. The molecule has 1 nitrogen and oxygen atoms in total. The fourth-order valence-electron chi connectivity index (χ4n) is 2.54. The SMILES string of the molecule is CCCCCCCNCc1cc2c(s1)CCC2. The molecule has 0 bridgehead atoms. The van der Waals surface area contributed by atoms with Gasteiger partial charge in [0.25, 0.3) is 0 Å². The van der Waals surface area contributed by atoms with Gasteiger partial charge in [0.15, 0.2) is 0 Å². The molecule has 0 fully saturated rings. The van der Waals surface area contributed by atoms with Crippen molar-refractivity contribution in [3.05, 3.63) is 21.4 Å². The zero-order chi connectivity index (χ0) is 11.9. The fourth-order valence-corrected chi connectivity index (χ4v) is 3.77. The first-order chi connectivity index (χ1) is 8.40. The van der Waals surface area contributed by atoms with Crippen molar-refractivity contribution in [2.24, 2.45) is 0 Å². The van der Waals surface area contributed by atoms with Crippen molar-refractivity contribution >= 4 is 11.3 Å². The summed E-state index contributed by atoms with van der Waals surface area (Å²) in [6.07, 6.45) is 10.9. The summed E-state index contributed by atoms with van der Waals surface area (Å²) in [6, 6.07) is 2.43. The maximum absolute atomic E-state index is 3.58. The van der Waals surface area contributed by atoms with Gasteiger partial charge in [-0.3, -0.25) is 0 Å². The molecule has 96 valence electrons. The van der Waals surface area contributed by atoms with Gasteiger partial charge in [0, 0.05) is 16.3 Å². The first-order valence-electron chi connectivity index (χ1n) is 7.21. The summed E-state index contributed by atoms with van der Waals surface area (Å²) in [5.41, 5.74) is 1.63. The van der Waals surface area contributed by atoms with Crippen molar-refractivity contribution in [1.29, 1.82) is 0 Å². The molecule has 0 aliphatic heterocycles. The van der Waals surface area contributed by atoms with Crippen LogP contribution >= 0.6 is 11.3 Å². The number of aryl methyl sites for hydroxylation is 2. The van der Waals surface area contributed by atoms with Crippen molar-refractivity contribution in [3.8, 4) is 0 Å². The molecule has 0 amide bonds. The summed E-state index contributed by atoms with van der Waals surface area (Å²) in [5.74, 6) is 0. The van der Waals surface area contributed by atoms with Gasteiger partial charge >= 0.3 is 0 Å². The molecule has 0 unspecified atom stereocenters. The predicted octanol–water partition coefficient (Wildman–Crippen LogP) is 4.30. The molecule has 1 aliphatic rings. The summed E-state index contributed by atoms with van der Waals surface area (Å²) < 4.78 is 0. The van der Waals surface area contributed by atoms with Gasteiger partial charge < -0.3 is 5.32 Å². The summed E-state index contributed by atoms with van der Waals surface area (Å²) in [5, 5.41) is 3.58. The third-order valence-electron chi connectivity index (χ3n) is 3.55. The summed E-state index contributed by atoms with van der Waals surface area (Å²) in [6.45, 7) is 4.55. The van der Waals surface area contributed by atoms with Crippen LogP contribution in [0.1, 0.15) is 60.8 Å². The van der Waals surface area contributed by atoms with Crippen LogP contribution in [0.25, 0.3) is 0 Å². The Bertz CT molecular complexity index is 308. The highest BCUT2D eigenvalue weighted by molar-refractivity contribution is 7.12. The highest BCUT2D eigenvalue weighted by Gasteiger charge is 2.14. The predicted molar refractivity (Wildman–Crippen MR) is 76.8 cm³/mol. The van der Waals surface area contributed by atoms with Crippen molar-refractivity contribution in [2.45, 2.75) is 64.8 Å². The second kappa shape index (κ2) is 7.17. The molecule has 1 aliphatic carbocycles. The molecule has 0 aromatic carbocycles. The summed E-state index contributed by atoms with van der Waals surface area (Å²) in [7, 11) is 0. The zero-order valence-corrected chi connectivity index (χ0v) is 11.9. The quantitative estimate of drug-likeness (QED) is 0.679. The molecule has 1 aromatic rings. The normalized spacial score (nSPS) is 14.2. The molecule has 2 heteroatoms. The number of fused-ring (bicyclic) bond motifs is 1. The number of thiophene rings is 1. The van der Waals surface area contributed by atoms with Gasteiger partial charge in [-0.05, 0) is 43.9 Å². The number of hydrogen-bond donors (Lipinski definition) is 1. The van der Waals surface area contributed by atoms with Crippen LogP contribution in [0.2, 0.25) is 0 Å². The Balaban J connectivity index is 1.55. The average Bonchev–Trinajstić information content (AvgIpc) is 2.88. The molecule has 0 radical (unpaired) electrons. The Labute approximate surface area is 110 Å². The van der Waals surface area contributed by atoms with E-state index in [1.807, 2.05) is 11.3 Å². The molecule has 0 saturated carbocycles. The Kier molecular flexibility index (Phi) is 5.53. The fraction of sp³-hybridized carbons (Fsp3) is 0.733. The van der Waals surface area contributed by atoms with Crippen LogP contribution in [0.4, 0.5) is 0 Å². The Morgan fingerprint density at radius 3 is 2.88 bits per heavy atom. The number of nitrogens with one attached hydrogen (secondary N) is 1. The molecular weight excluding hydrogens is 226 g/mol. The van der Waals surface area contributed by atoms with Crippen LogP contribution in [0.3, 0.4) is 0 Å². The lowest BCUT2D eigenvalue weighted by Gasteiger charge is -2.03. The second-order valence-electron chi connectivity index (χ2n) is 5.11. The third kappa shape index (κ3) is 4.11. The van der Waals surface area contributed by atoms with Gasteiger partial charge in [0.1, 0.15) is 0 Å². The first kappa shape index (κ1) is 13.1. The largest absolute Gasteiger partial charge is 0.312 e. The van der Waals surface area contributed by atoms with E-state index >= 15 is 0 Å². The molecule has 1 N–H and O–H groups in total. The zero-order valence-electron chi connectivity index (χ0n) is 11.1. The van der Waals surface area contributed by atoms with E-state index in [1.54, 1.807) is 15.3 Å². The van der Waals surface area contributed by atoms with Crippen molar-refractivity contribution in [1.82, 2.24) is 5.32 Å². The van der Waals surface area contributed by atoms with Crippen molar-refractivity contribution in [3.63, 3.8) is 0 Å². The van der Waals surface area contributed by atoms with Crippen LogP contribution in [-0.2, 0) is 19.4 Å². The second-order valence-corrected chi connectivity index (χ2v) is 6.33. The van der Waals surface area contributed by atoms with Gasteiger partial charge in [-0.15, -0.1) is 11.3 Å². The van der Waals surface area contributed by atoms with E-state index in [1.165, 1.54) is 57.9 Å². The van der Waals surface area contributed by atoms with Crippen LogP contribution < -0.4 is 5.32 Å². The van der Waals surface area contributed by atoms with E-state index in [0.29, 0.717) is 0 Å². The molecule has 0 saturated heterocycles.